The highest BCUT2D eigenvalue weighted by atomic mass is 16.5. The first kappa shape index (κ1) is 20.3. The zero-order valence-corrected chi connectivity index (χ0v) is 16.9. The first-order chi connectivity index (χ1) is 14.7. The van der Waals surface area contributed by atoms with Crippen LogP contribution in [0.1, 0.15) is 17.5 Å². The number of ether oxygens (including phenoxy) is 1. The average molecular weight is 406 g/mol. The highest BCUT2D eigenvalue weighted by Gasteiger charge is 2.13. The van der Waals surface area contributed by atoms with Crippen LogP contribution in [0.2, 0.25) is 0 Å². The molecule has 156 valence electrons. The fourth-order valence-electron chi connectivity index (χ4n) is 3.71. The van der Waals surface area contributed by atoms with Crippen molar-refractivity contribution in [1.82, 2.24) is 20.0 Å². The topological polar surface area (TPSA) is 76.5 Å². The molecule has 1 fully saturated rings. The fraction of sp³-hybridized carbons (Fsp3) is 0.348. The number of hydrogen-bond acceptors (Lipinski definition) is 5. The van der Waals surface area contributed by atoms with E-state index < -0.39 is 0 Å². The summed E-state index contributed by atoms with van der Waals surface area (Å²) in [6, 6.07) is 15.5. The zero-order valence-electron chi connectivity index (χ0n) is 16.9. The van der Waals surface area contributed by atoms with Crippen molar-refractivity contribution in [3.63, 3.8) is 0 Å². The Bertz CT molecular complexity index is 1070. The minimum absolute atomic E-state index is 0.0410. The van der Waals surface area contributed by atoms with Crippen LogP contribution in [-0.4, -0.2) is 46.9 Å². The standard InChI is InChI=1S/C23H26N4O3/c28-22-16-25-27(21-8-4-3-7-20(21)22)10-9-23(29)24-15-18-5-1-2-6-19(18)17-26-11-13-30-14-12-26/h1-8,16H,9-15,17H2,(H,24,29). The van der Waals surface area contributed by atoms with Crippen molar-refractivity contribution in [3.05, 3.63) is 76.1 Å². The van der Waals surface area contributed by atoms with Crippen molar-refractivity contribution >= 4 is 16.8 Å². The summed E-state index contributed by atoms with van der Waals surface area (Å²) < 4.78 is 7.13. The molecular weight excluding hydrogens is 380 g/mol. The minimum atomic E-state index is -0.108. The van der Waals surface area contributed by atoms with Gasteiger partial charge in [-0.25, -0.2) is 0 Å². The molecule has 1 aliphatic heterocycles. The van der Waals surface area contributed by atoms with Gasteiger partial charge >= 0.3 is 0 Å². The number of carbonyl (C=O) groups is 1. The zero-order chi connectivity index (χ0) is 20.8. The minimum Gasteiger partial charge on any atom is -0.379 e. The van der Waals surface area contributed by atoms with Gasteiger partial charge in [-0.1, -0.05) is 36.4 Å². The van der Waals surface area contributed by atoms with Gasteiger partial charge in [-0.05, 0) is 23.3 Å². The van der Waals surface area contributed by atoms with E-state index in [-0.39, 0.29) is 11.3 Å². The molecular formula is C23H26N4O3. The lowest BCUT2D eigenvalue weighted by Crippen LogP contribution is -2.36. The second-order valence-electron chi connectivity index (χ2n) is 7.43. The molecule has 30 heavy (non-hydrogen) atoms. The van der Waals surface area contributed by atoms with Crippen LogP contribution in [0.3, 0.4) is 0 Å². The smallest absolute Gasteiger partial charge is 0.222 e. The van der Waals surface area contributed by atoms with Crippen molar-refractivity contribution in [2.45, 2.75) is 26.1 Å². The molecule has 0 unspecified atom stereocenters. The lowest BCUT2D eigenvalue weighted by atomic mass is 10.1. The van der Waals surface area contributed by atoms with Crippen LogP contribution in [0.15, 0.2) is 59.5 Å². The third-order valence-corrected chi connectivity index (χ3v) is 5.40. The molecule has 3 aromatic rings. The molecule has 0 aliphatic carbocycles. The summed E-state index contributed by atoms with van der Waals surface area (Å²) in [6.07, 6.45) is 1.60. The van der Waals surface area contributed by atoms with E-state index in [9.17, 15) is 9.59 Å². The van der Waals surface area contributed by atoms with Crippen molar-refractivity contribution in [1.29, 1.82) is 0 Å². The number of aromatic nitrogens is 2. The van der Waals surface area contributed by atoms with Gasteiger partial charge in [0.1, 0.15) is 0 Å². The van der Waals surface area contributed by atoms with Crippen molar-refractivity contribution in [3.8, 4) is 0 Å². The highest BCUT2D eigenvalue weighted by Crippen LogP contribution is 2.13. The van der Waals surface area contributed by atoms with Crippen LogP contribution in [0.5, 0.6) is 0 Å². The number of para-hydroxylation sites is 1. The van der Waals surface area contributed by atoms with Gasteiger partial charge in [-0.15, -0.1) is 0 Å². The molecule has 1 saturated heterocycles. The maximum Gasteiger partial charge on any atom is 0.222 e. The third kappa shape index (κ3) is 4.93. The molecule has 4 rings (SSSR count). The first-order valence-electron chi connectivity index (χ1n) is 10.3. The molecule has 7 heteroatoms. The largest absolute Gasteiger partial charge is 0.379 e. The Kier molecular flexibility index (Phi) is 6.51. The van der Waals surface area contributed by atoms with Crippen molar-refractivity contribution in [2.24, 2.45) is 0 Å². The van der Waals surface area contributed by atoms with E-state index in [1.54, 1.807) is 10.7 Å². The van der Waals surface area contributed by atoms with E-state index in [0.717, 1.165) is 43.9 Å². The van der Waals surface area contributed by atoms with Crippen LogP contribution < -0.4 is 10.7 Å². The molecule has 0 bridgehead atoms. The van der Waals surface area contributed by atoms with E-state index in [2.05, 4.69) is 27.4 Å². The highest BCUT2D eigenvalue weighted by molar-refractivity contribution is 5.79. The summed E-state index contributed by atoms with van der Waals surface area (Å²) in [4.78, 5) is 26.8. The van der Waals surface area contributed by atoms with E-state index in [1.807, 2.05) is 30.3 Å². The van der Waals surface area contributed by atoms with Gasteiger partial charge < -0.3 is 10.1 Å². The summed E-state index contributed by atoms with van der Waals surface area (Å²) in [7, 11) is 0. The third-order valence-electron chi connectivity index (χ3n) is 5.40. The Labute approximate surface area is 175 Å². The molecule has 2 aromatic carbocycles. The van der Waals surface area contributed by atoms with Gasteiger partial charge in [-0.2, -0.15) is 5.10 Å². The van der Waals surface area contributed by atoms with Gasteiger partial charge in [0.05, 0.1) is 31.5 Å². The summed E-state index contributed by atoms with van der Waals surface area (Å²) in [5, 5.41) is 7.82. The predicted octanol–water partition coefficient (Wildman–Crippen LogP) is 1.94. The second-order valence-corrected chi connectivity index (χ2v) is 7.43. The summed E-state index contributed by atoms with van der Waals surface area (Å²) in [6.45, 7) is 5.18. The van der Waals surface area contributed by atoms with Crippen LogP contribution in [0.4, 0.5) is 0 Å². The molecule has 1 aromatic heterocycles. The molecule has 7 nitrogen and oxygen atoms in total. The van der Waals surface area contributed by atoms with E-state index in [1.165, 1.54) is 11.8 Å². The van der Waals surface area contributed by atoms with E-state index >= 15 is 0 Å². The number of carbonyl (C=O) groups excluding carboxylic acids is 1. The predicted molar refractivity (Wildman–Crippen MR) is 115 cm³/mol. The number of nitrogens with zero attached hydrogens (tertiary/aromatic N) is 3. The Hall–Kier alpha value is -3.03. The first-order valence-corrected chi connectivity index (χ1v) is 10.3. The SMILES string of the molecule is O=C(CCn1ncc(=O)c2ccccc21)NCc1ccccc1CN1CCOCC1. The Morgan fingerprint density at radius 2 is 1.77 bits per heavy atom. The number of aryl methyl sites for hydroxylation is 1. The Morgan fingerprint density at radius 3 is 2.60 bits per heavy atom. The molecule has 1 aliphatic rings. The number of amides is 1. The number of morpholine rings is 1. The maximum atomic E-state index is 12.5. The molecule has 1 N–H and O–H groups in total. The summed E-state index contributed by atoms with van der Waals surface area (Å²) in [5.74, 6) is -0.0410. The Balaban J connectivity index is 1.35. The van der Waals surface area contributed by atoms with E-state index in [4.69, 9.17) is 4.74 Å². The monoisotopic (exact) mass is 406 g/mol. The van der Waals surface area contributed by atoms with Crippen molar-refractivity contribution < 1.29 is 9.53 Å². The maximum absolute atomic E-state index is 12.5. The number of nitrogens with one attached hydrogen (secondary N) is 1. The normalized spacial score (nSPS) is 14.7. The van der Waals surface area contributed by atoms with Crippen LogP contribution >= 0.6 is 0 Å². The number of hydrogen-bond donors (Lipinski definition) is 1. The van der Waals surface area contributed by atoms with E-state index in [0.29, 0.717) is 24.9 Å². The van der Waals surface area contributed by atoms with Crippen LogP contribution in [0.25, 0.3) is 10.9 Å². The molecule has 1 amide bonds. The van der Waals surface area contributed by atoms with Gasteiger partial charge in [0.15, 0.2) is 0 Å². The number of benzene rings is 2. The molecule has 0 atom stereocenters. The lowest BCUT2D eigenvalue weighted by Gasteiger charge is -2.27. The molecule has 0 radical (unpaired) electrons. The summed E-state index contributed by atoms with van der Waals surface area (Å²) >= 11 is 0. The Morgan fingerprint density at radius 1 is 1.03 bits per heavy atom. The molecule has 0 spiro atoms. The van der Waals surface area contributed by atoms with Crippen LogP contribution in [-0.2, 0) is 29.2 Å². The van der Waals surface area contributed by atoms with Crippen molar-refractivity contribution in [2.75, 3.05) is 26.3 Å². The van der Waals surface area contributed by atoms with Gasteiger partial charge in [0.2, 0.25) is 11.3 Å². The molecule has 0 saturated carbocycles. The van der Waals surface area contributed by atoms with Gasteiger partial charge in [-0.3, -0.25) is 19.2 Å². The second kappa shape index (κ2) is 9.65. The number of rotatable bonds is 7. The van der Waals surface area contributed by atoms with Crippen LogP contribution in [0, 0.1) is 0 Å². The lowest BCUT2D eigenvalue weighted by molar-refractivity contribution is -0.121. The summed E-state index contributed by atoms with van der Waals surface area (Å²) in [5.41, 5.74) is 2.99. The fourth-order valence-corrected chi connectivity index (χ4v) is 3.71. The average Bonchev–Trinajstić information content (AvgIpc) is 2.79. The molecule has 2 heterocycles. The van der Waals surface area contributed by atoms with Gasteiger partial charge in [0, 0.05) is 38.0 Å². The van der Waals surface area contributed by atoms with Gasteiger partial charge in [0.25, 0.3) is 0 Å². The number of fused-ring (bicyclic) bond motifs is 1. The quantitative estimate of drug-likeness (QED) is 0.649.